The van der Waals surface area contributed by atoms with Gasteiger partial charge in [0.2, 0.25) is 0 Å². The van der Waals surface area contributed by atoms with Crippen molar-refractivity contribution in [3.05, 3.63) is 0 Å². The van der Waals surface area contributed by atoms with E-state index in [0.717, 1.165) is 12.8 Å². The minimum atomic E-state index is -1.14. The van der Waals surface area contributed by atoms with E-state index in [2.05, 4.69) is 0 Å². The molecule has 0 aliphatic carbocycles. The lowest BCUT2D eigenvalue weighted by atomic mass is 10.2. The molecule has 0 bridgehead atoms. The number of ether oxygens (including phenoxy) is 1. The van der Waals surface area contributed by atoms with Crippen molar-refractivity contribution < 1.29 is 9.13 Å². The molecule has 0 radical (unpaired) electrons. The van der Waals surface area contributed by atoms with Crippen LogP contribution >= 0.6 is 0 Å². The third-order valence-corrected chi connectivity index (χ3v) is 3.45. The molecular formula is C6H13FOSi. The second-order valence-corrected chi connectivity index (χ2v) is 4.31. The van der Waals surface area contributed by atoms with Gasteiger partial charge in [0.15, 0.2) is 5.48 Å². The molecule has 9 heavy (non-hydrogen) atoms. The number of rotatable bonds is 1. The zero-order valence-corrected chi connectivity index (χ0v) is 7.24. The summed E-state index contributed by atoms with van der Waals surface area (Å²) >= 11 is 0. The van der Waals surface area contributed by atoms with Crippen LogP contribution in [0.15, 0.2) is 0 Å². The first-order valence-corrected chi connectivity index (χ1v) is 5.72. The van der Waals surface area contributed by atoms with Crippen molar-refractivity contribution in [1.29, 1.82) is 0 Å². The average Bonchev–Trinajstić information content (AvgIpc) is 1.90. The van der Waals surface area contributed by atoms with Crippen LogP contribution in [0, 0.1) is 0 Å². The molecular weight excluding hydrogens is 135 g/mol. The number of hydrogen-bond donors (Lipinski definition) is 0. The lowest BCUT2D eigenvalue weighted by Gasteiger charge is -2.28. The molecule has 0 saturated carbocycles. The molecule has 3 heteroatoms. The fourth-order valence-electron chi connectivity index (χ4n) is 1.10. The highest BCUT2D eigenvalue weighted by molar-refractivity contribution is 6.37. The minimum absolute atomic E-state index is 0.617. The Morgan fingerprint density at radius 3 is 2.67 bits per heavy atom. The molecule has 1 atom stereocenters. The van der Waals surface area contributed by atoms with Crippen molar-refractivity contribution in [3.8, 4) is 0 Å². The lowest BCUT2D eigenvalue weighted by Crippen LogP contribution is -2.36. The molecule has 0 aromatic rings. The third kappa shape index (κ3) is 1.76. The van der Waals surface area contributed by atoms with Gasteiger partial charge in [-0.25, -0.2) is 4.39 Å². The van der Waals surface area contributed by atoms with Gasteiger partial charge in [-0.2, -0.15) is 0 Å². The lowest BCUT2D eigenvalue weighted by molar-refractivity contribution is -0.108. The fourth-order valence-corrected chi connectivity index (χ4v) is 2.05. The van der Waals surface area contributed by atoms with E-state index in [9.17, 15) is 4.39 Å². The normalized spacial score (nSPS) is 38.0. The van der Waals surface area contributed by atoms with Crippen LogP contribution in [0.2, 0.25) is 6.55 Å². The van der Waals surface area contributed by atoms with Crippen molar-refractivity contribution in [1.82, 2.24) is 0 Å². The van der Waals surface area contributed by atoms with E-state index in [1.54, 1.807) is 0 Å². The van der Waals surface area contributed by atoms with Crippen molar-refractivity contribution in [2.45, 2.75) is 31.3 Å². The molecule has 1 rings (SSSR count). The van der Waals surface area contributed by atoms with Crippen molar-refractivity contribution >= 4 is 9.52 Å². The van der Waals surface area contributed by atoms with Gasteiger partial charge in [-0.05, 0) is 12.8 Å². The first-order valence-electron chi connectivity index (χ1n) is 3.60. The highest BCUT2D eigenvalue weighted by atomic mass is 28.2. The fraction of sp³-hybridized carbons (Fsp3) is 1.00. The molecule has 0 N–H and O–H groups in total. The molecule has 1 unspecified atom stereocenters. The van der Waals surface area contributed by atoms with Gasteiger partial charge >= 0.3 is 0 Å². The summed E-state index contributed by atoms with van der Waals surface area (Å²) in [5, 5.41) is 0. The van der Waals surface area contributed by atoms with Gasteiger partial charge in [-0.1, -0.05) is 6.55 Å². The summed E-state index contributed by atoms with van der Waals surface area (Å²) in [4.78, 5) is 0. The van der Waals surface area contributed by atoms with Crippen LogP contribution in [0.4, 0.5) is 4.39 Å². The van der Waals surface area contributed by atoms with Crippen LogP contribution in [-0.4, -0.2) is 21.6 Å². The second kappa shape index (κ2) is 2.79. The van der Waals surface area contributed by atoms with Crippen LogP contribution in [0.25, 0.3) is 0 Å². The van der Waals surface area contributed by atoms with Gasteiger partial charge < -0.3 is 4.74 Å². The Morgan fingerprint density at radius 1 is 1.56 bits per heavy atom. The van der Waals surface area contributed by atoms with E-state index in [1.807, 2.05) is 6.55 Å². The Balaban J connectivity index is 2.37. The SMILES string of the molecule is C[SiH2]C1(F)CCCCO1. The van der Waals surface area contributed by atoms with Gasteiger partial charge in [0.05, 0.1) is 9.52 Å². The van der Waals surface area contributed by atoms with Gasteiger partial charge in [0.25, 0.3) is 0 Å². The van der Waals surface area contributed by atoms with E-state index < -0.39 is 15.0 Å². The Labute approximate surface area is 57.4 Å². The van der Waals surface area contributed by atoms with Gasteiger partial charge in [0, 0.05) is 13.0 Å². The quantitative estimate of drug-likeness (QED) is 0.505. The number of hydrogen-bond acceptors (Lipinski definition) is 1. The Morgan fingerprint density at radius 2 is 2.33 bits per heavy atom. The maximum atomic E-state index is 13.1. The summed E-state index contributed by atoms with van der Waals surface area (Å²) in [6.45, 7) is 2.60. The van der Waals surface area contributed by atoms with Crippen LogP contribution in [0.1, 0.15) is 19.3 Å². The molecule has 1 aliphatic heterocycles. The monoisotopic (exact) mass is 148 g/mol. The molecule has 0 aromatic heterocycles. The second-order valence-electron chi connectivity index (χ2n) is 2.54. The molecule has 1 heterocycles. The standard InChI is InChI=1S/C6H13FOSi/c1-9-6(7)4-2-3-5-8-6/h2-5,9H2,1H3. The van der Waals surface area contributed by atoms with Gasteiger partial charge in [-0.15, -0.1) is 0 Å². The third-order valence-electron chi connectivity index (χ3n) is 1.83. The van der Waals surface area contributed by atoms with Crippen molar-refractivity contribution in [3.63, 3.8) is 0 Å². The largest absolute Gasteiger partial charge is 0.350 e. The maximum Gasteiger partial charge on any atom is 0.184 e. The topological polar surface area (TPSA) is 9.23 Å². The van der Waals surface area contributed by atoms with E-state index in [1.165, 1.54) is 0 Å². The van der Waals surface area contributed by atoms with Crippen molar-refractivity contribution in [2.75, 3.05) is 6.61 Å². The highest BCUT2D eigenvalue weighted by Crippen LogP contribution is 2.24. The Kier molecular flexibility index (Phi) is 2.24. The van der Waals surface area contributed by atoms with Crippen LogP contribution in [-0.2, 0) is 4.74 Å². The molecule has 1 saturated heterocycles. The predicted octanol–water partition coefficient (Wildman–Crippen LogP) is 1.03. The van der Waals surface area contributed by atoms with Crippen LogP contribution < -0.4 is 0 Å². The zero-order chi connectivity index (χ0) is 6.74. The highest BCUT2D eigenvalue weighted by Gasteiger charge is 2.29. The molecule has 0 spiro atoms. The molecule has 1 nitrogen and oxygen atoms in total. The summed E-state index contributed by atoms with van der Waals surface area (Å²) in [5.41, 5.74) is -1.14. The summed E-state index contributed by atoms with van der Waals surface area (Å²) in [5.74, 6) is 0. The van der Waals surface area contributed by atoms with Gasteiger partial charge in [-0.3, -0.25) is 0 Å². The number of alkyl halides is 1. The molecule has 0 amide bonds. The molecule has 54 valence electrons. The predicted molar refractivity (Wildman–Crippen MR) is 38.1 cm³/mol. The summed E-state index contributed by atoms with van der Waals surface area (Å²) < 4.78 is 18.2. The van der Waals surface area contributed by atoms with E-state index in [4.69, 9.17) is 4.74 Å². The summed E-state index contributed by atoms with van der Waals surface area (Å²) in [7, 11) is -0.617. The van der Waals surface area contributed by atoms with E-state index in [-0.39, 0.29) is 0 Å². The van der Waals surface area contributed by atoms with E-state index in [0.29, 0.717) is 13.0 Å². The molecule has 0 aromatic carbocycles. The summed E-state index contributed by atoms with van der Waals surface area (Å²) in [6, 6.07) is 0. The maximum absolute atomic E-state index is 13.1. The Bertz CT molecular complexity index is 91.1. The smallest absolute Gasteiger partial charge is 0.184 e. The average molecular weight is 148 g/mol. The van der Waals surface area contributed by atoms with E-state index >= 15 is 0 Å². The van der Waals surface area contributed by atoms with Crippen molar-refractivity contribution in [2.24, 2.45) is 0 Å². The van der Waals surface area contributed by atoms with Crippen LogP contribution in [0.5, 0.6) is 0 Å². The Hall–Kier alpha value is 0.107. The van der Waals surface area contributed by atoms with Gasteiger partial charge in [0.1, 0.15) is 0 Å². The molecule has 1 aliphatic rings. The molecule has 1 fully saturated rings. The minimum Gasteiger partial charge on any atom is -0.350 e. The zero-order valence-electron chi connectivity index (χ0n) is 5.82. The first-order chi connectivity index (χ1) is 4.27. The summed E-state index contributed by atoms with van der Waals surface area (Å²) in [6.07, 6.45) is 2.70. The first kappa shape index (κ1) is 7.22. The number of halogens is 1. The van der Waals surface area contributed by atoms with Crippen LogP contribution in [0.3, 0.4) is 0 Å².